The average Bonchev–Trinajstić information content (AvgIpc) is 3.17. The number of likely N-dealkylation sites (tertiary alicyclic amines) is 1. The van der Waals surface area contributed by atoms with Crippen molar-refractivity contribution in [2.45, 2.75) is 38.3 Å². The third-order valence-electron chi connectivity index (χ3n) is 4.87. The topological polar surface area (TPSA) is 58.6 Å². The van der Waals surface area contributed by atoms with Crippen LogP contribution in [0.5, 0.6) is 0 Å². The van der Waals surface area contributed by atoms with Crippen molar-refractivity contribution in [1.82, 2.24) is 10.2 Å². The van der Waals surface area contributed by atoms with Crippen molar-refractivity contribution in [1.29, 1.82) is 0 Å². The van der Waals surface area contributed by atoms with E-state index in [4.69, 9.17) is 16.3 Å². The number of nitrogens with one attached hydrogen (secondary N) is 1. The Morgan fingerprint density at radius 3 is 2.72 bits per heavy atom. The molecule has 2 amide bonds. The third-order valence-corrected chi connectivity index (χ3v) is 5.16. The molecule has 0 radical (unpaired) electrons. The van der Waals surface area contributed by atoms with Crippen molar-refractivity contribution in [2.75, 3.05) is 19.7 Å². The molecular weight excluding hydrogens is 347 g/mol. The molecule has 0 unspecified atom stereocenters. The molecule has 1 aromatic rings. The van der Waals surface area contributed by atoms with Crippen LogP contribution in [0.4, 0.5) is 4.39 Å². The number of hydrogen-bond donors (Lipinski definition) is 1. The highest BCUT2D eigenvalue weighted by molar-refractivity contribution is 6.30. The van der Waals surface area contributed by atoms with Crippen LogP contribution in [0.3, 0.4) is 0 Å². The van der Waals surface area contributed by atoms with Crippen LogP contribution in [-0.4, -0.2) is 42.5 Å². The summed E-state index contributed by atoms with van der Waals surface area (Å²) in [5, 5.41) is 2.82. The molecule has 2 aliphatic rings. The summed E-state index contributed by atoms with van der Waals surface area (Å²) in [6.07, 6.45) is 2.63. The SMILES string of the molecule is O=C(NCc1cccc(Cl)c1F)C1CCN(C(=O)[C@H]2CCCO2)CC1. The Kier molecular flexibility index (Phi) is 5.91. The highest BCUT2D eigenvalue weighted by Gasteiger charge is 2.32. The summed E-state index contributed by atoms with van der Waals surface area (Å²) in [5.41, 5.74) is 0.367. The molecule has 7 heteroatoms. The normalized spacial score (nSPS) is 21.4. The van der Waals surface area contributed by atoms with Gasteiger partial charge in [-0.05, 0) is 31.7 Å². The third kappa shape index (κ3) is 4.30. The first-order valence-corrected chi connectivity index (χ1v) is 9.05. The van der Waals surface area contributed by atoms with E-state index < -0.39 is 5.82 Å². The van der Waals surface area contributed by atoms with Gasteiger partial charge in [0.05, 0.1) is 5.02 Å². The Hall–Kier alpha value is -1.66. The molecule has 5 nitrogen and oxygen atoms in total. The summed E-state index contributed by atoms with van der Waals surface area (Å²) >= 11 is 5.74. The summed E-state index contributed by atoms with van der Waals surface area (Å²) in [6, 6.07) is 4.73. The highest BCUT2D eigenvalue weighted by Crippen LogP contribution is 2.22. The van der Waals surface area contributed by atoms with Crippen LogP contribution in [0, 0.1) is 11.7 Å². The summed E-state index contributed by atoms with van der Waals surface area (Å²) < 4.78 is 19.3. The maximum atomic E-state index is 13.8. The smallest absolute Gasteiger partial charge is 0.251 e. The lowest BCUT2D eigenvalue weighted by molar-refractivity contribution is -0.143. The van der Waals surface area contributed by atoms with E-state index in [2.05, 4.69) is 5.32 Å². The zero-order valence-corrected chi connectivity index (χ0v) is 14.7. The van der Waals surface area contributed by atoms with E-state index in [1.165, 1.54) is 6.07 Å². The molecule has 2 fully saturated rings. The Morgan fingerprint density at radius 2 is 2.04 bits per heavy atom. The van der Waals surface area contributed by atoms with E-state index in [0.29, 0.717) is 38.1 Å². The van der Waals surface area contributed by atoms with E-state index in [9.17, 15) is 14.0 Å². The Balaban J connectivity index is 1.46. The van der Waals surface area contributed by atoms with Gasteiger partial charge in [0, 0.05) is 37.7 Å². The standard InChI is InChI=1S/C18H22ClFN2O3/c19-14-4-1-3-13(16(14)20)11-21-17(23)12-6-8-22(9-7-12)18(24)15-5-2-10-25-15/h1,3-4,12,15H,2,5-11H2,(H,21,23)/t15-/m1/s1. The number of carbonyl (C=O) groups is 2. The second-order valence-corrected chi connectivity index (χ2v) is 6.94. The van der Waals surface area contributed by atoms with Crippen molar-refractivity contribution >= 4 is 23.4 Å². The number of nitrogens with zero attached hydrogens (tertiary/aromatic N) is 1. The quantitative estimate of drug-likeness (QED) is 0.888. The fourth-order valence-corrected chi connectivity index (χ4v) is 3.54. The van der Waals surface area contributed by atoms with Crippen molar-refractivity contribution in [3.05, 3.63) is 34.6 Å². The zero-order valence-electron chi connectivity index (χ0n) is 14.0. The minimum Gasteiger partial charge on any atom is -0.368 e. The summed E-state index contributed by atoms with van der Waals surface area (Å²) in [4.78, 5) is 26.4. The number of halogens is 2. The number of carbonyl (C=O) groups excluding carboxylic acids is 2. The summed E-state index contributed by atoms with van der Waals surface area (Å²) in [5.74, 6) is -0.724. The van der Waals surface area contributed by atoms with Crippen LogP contribution >= 0.6 is 11.6 Å². The van der Waals surface area contributed by atoms with E-state index in [1.807, 2.05) is 0 Å². The zero-order chi connectivity index (χ0) is 17.8. The van der Waals surface area contributed by atoms with Crippen LogP contribution < -0.4 is 5.32 Å². The van der Waals surface area contributed by atoms with E-state index in [0.717, 1.165) is 12.8 Å². The van der Waals surface area contributed by atoms with Crippen LogP contribution in [-0.2, 0) is 20.9 Å². The number of ether oxygens (including phenoxy) is 1. The number of hydrogen-bond acceptors (Lipinski definition) is 3. The number of benzene rings is 1. The van der Waals surface area contributed by atoms with Crippen LogP contribution in [0.1, 0.15) is 31.2 Å². The maximum Gasteiger partial charge on any atom is 0.251 e. The molecule has 2 aliphatic heterocycles. The van der Waals surface area contributed by atoms with Crippen LogP contribution in [0.2, 0.25) is 5.02 Å². The maximum absolute atomic E-state index is 13.8. The molecule has 2 heterocycles. The van der Waals surface area contributed by atoms with Gasteiger partial charge < -0.3 is 15.0 Å². The van der Waals surface area contributed by atoms with Gasteiger partial charge in [-0.1, -0.05) is 23.7 Å². The molecule has 25 heavy (non-hydrogen) atoms. The van der Waals surface area contributed by atoms with Crippen molar-refractivity contribution in [3.63, 3.8) is 0 Å². The fourth-order valence-electron chi connectivity index (χ4n) is 3.35. The van der Waals surface area contributed by atoms with Crippen molar-refractivity contribution in [2.24, 2.45) is 5.92 Å². The Morgan fingerprint density at radius 1 is 1.28 bits per heavy atom. The van der Waals surface area contributed by atoms with Gasteiger partial charge >= 0.3 is 0 Å². The number of piperidine rings is 1. The van der Waals surface area contributed by atoms with Crippen LogP contribution in [0.25, 0.3) is 0 Å². The van der Waals surface area contributed by atoms with Gasteiger partial charge in [0.15, 0.2) is 0 Å². The lowest BCUT2D eigenvalue weighted by atomic mass is 9.95. The summed E-state index contributed by atoms with van der Waals surface area (Å²) in [6.45, 7) is 1.88. The van der Waals surface area contributed by atoms with Crippen molar-refractivity contribution < 1.29 is 18.7 Å². The molecule has 0 bridgehead atoms. The second kappa shape index (κ2) is 8.15. The van der Waals surface area contributed by atoms with E-state index >= 15 is 0 Å². The molecule has 0 spiro atoms. The van der Waals surface area contributed by atoms with Gasteiger partial charge in [0.1, 0.15) is 11.9 Å². The first kappa shape index (κ1) is 18.1. The number of rotatable bonds is 4. The molecule has 3 rings (SSSR count). The Labute approximate surface area is 151 Å². The monoisotopic (exact) mass is 368 g/mol. The van der Waals surface area contributed by atoms with E-state index in [-0.39, 0.29) is 35.4 Å². The Bertz CT molecular complexity index is 641. The first-order valence-electron chi connectivity index (χ1n) is 8.67. The van der Waals surface area contributed by atoms with Gasteiger partial charge in [-0.3, -0.25) is 9.59 Å². The molecule has 0 aliphatic carbocycles. The molecule has 1 aromatic carbocycles. The van der Waals surface area contributed by atoms with Gasteiger partial charge in [-0.2, -0.15) is 0 Å². The van der Waals surface area contributed by atoms with Crippen LogP contribution in [0.15, 0.2) is 18.2 Å². The predicted molar refractivity (Wildman–Crippen MR) is 91.5 cm³/mol. The minimum atomic E-state index is -0.499. The largest absolute Gasteiger partial charge is 0.368 e. The molecule has 0 aromatic heterocycles. The number of amides is 2. The van der Waals surface area contributed by atoms with Crippen molar-refractivity contribution in [3.8, 4) is 0 Å². The predicted octanol–water partition coefficient (Wildman–Crippen LogP) is 2.51. The van der Waals surface area contributed by atoms with Gasteiger partial charge in [0.2, 0.25) is 5.91 Å². The van der Waals surface area contributed by atoms with Gasteiger partial charge in [-0.15, -0.1) is 0 Å². The second-order valence-electron chi connectivity index (χ2n) is 6.53. The molecule has 136 valence electrons. The lowest BCUT2D eigenvalue weighted by Gasteiger charge is -2.32. The first-order chi connectivity index (χ1) is 12.1. The molecule has 1 atom stereocenters. The van der Waals surface area contributed by atoms with Gasteiger partial charge in [0.25, 0.3) is 5.91 Å². The molecule has 1 N–H and O–H groups in total. The fraction of sp³-hybridized carbons (Fsp3) is 0.556. The highest BCUT2D eigenvalue weighted by atomic mass is 35.5. The lowest BCUT2D eigenvalue weighted by Crippen LogP contribution is -2.46. The van der Waals surface area contributed by atoms with Gasteiger partial charge in [-0.25, -0.2) is 4.39 Å². The van der Waals surface area contributed by atoms with E-state index in [1.54, 1.807) is 17.0 Å². The summed E-state index contributed by atoms with van der Waals surface area (Å²) in [7, 11) is 0. The molecule has 2 saturated heterocycles. The molecule has 0 saturated carbocycles. The molecular formula is C18H22ClFN2O3. The average molecular weight is 369 g/mol. The minimum absolute atomic E-state index is 0.0392.